The van der Waals surface area contributed by atoms with E-state index in [1.807, 2.05) is 0 Å². The minimum atomic E-state index is -0.0841. The Kier molecular flexibility index (Phi) is 7.63. The third-order valence-corrected chi connectivity index (χ3v) is 16.1. The van der Waals surface area contributed by atoms with Crippen LogP contribution < -0.4 is 0 Å². The Morgan fingerprint density at radius 2 is 0.594 bits per heavy atom. The summed E-state index contributed by atoms with van der Waals surface area (Å²) in [6.07, 6.45) is 0. The van der Waals surface area contributed by atoms with Gasteiger partial charge in [-0.15, -0.1) is 0 Å². The molecule has 13 aromatic rings. The molecule has 0 radical (unpaired) electrons. The van der Waals surface area contributed by atoms with E-state index in [2.05, 4.69) is 227 Å². The molecule has 0 aliphatic heterocycles. The van der Waals surface area contributed by atoms with Gasteiger partial charge in [0.25, 0.3) is 0 Å². The molecule has 2 aliphatic rings. The SMILES string of the molecule is CC1(C)c2ccccc2-c2ccc(-c3cccc4c3oc3c(-c5ccc6[nH]c7ccc(-c8cccc9c8oc8c(-c%10ccc%11c(c%10)C(C)(C)c%10ccccc%10-%11)cccc89)cc7c6c5)cccc34)cc21. The van der Waals surface area contributed by atoms with Crippen LogP contribution in [0.4, 0.5) is 0 Å². The lowest BCUT2D eigenvalue weighted by atomic mass is 9.81. The van der Waals surface area contributed by atoms with Gasteiger partial charge in [-0.25, -0.2) is 0 Å². The number of aromatic nitrogens is 1. The van der Waals surface area contributed by atoms with Crippen molar-refractivity contribution in [3.8, 4) is 66.8 Å². The molecule has 0 fully saturated rings. The molecule has 1 N–H and O–H groups in total. The standard InChI is InChI=1S/C66H45NO2/c1-65(2)55-23-7-5-13-45(55)47-29-25-39(35-57(47)65)43-17-11-21-51-49-19-9-15-41(61(49)68-63(43)51)37-27-31-59-53(33-37)54-34-38(28-32-60(54)67-59)42-16-10-20-50-52-22-12-18-44(64(52)69-62(42)50)40-26-30-48-46-14-6-8-24-56(46)66(3,4)58(48)36-40/h5-36,67H,1-4H3. The Morgan fingerprint density at radius 1 is 0.275 bits per heavy atom. The number of hydrogen-bond acceptors (Lipinski definition) is 2. The highest BCUT2D eigenvalue weighted by molar-refractivity contribution is 6.17. The number of fused-ring (bicyclic) bond motifs is 15. The molecule has 2 aliphatic carbocycles. The van der Waals surface area contributed by atoms with Crippen molar-refractivity contribution in [3.63, 3.8) is 0 Å². The average Bonchev–Trinajstić information content (AvgIpc) is 4.17. The molecule has 10 aromatic carbocycles. The third-order valence-electron chi connectivity index (χ3n) is 16.1. The van der Waals surface area contributed by atoms with Gasteiger partial charge in [0.2, 0.25) is 0 Å². The van der Waals surface area contributed by atoms with Crippen molar-refractivity contribution in [2.45, 2.75) is 38.5 Å². The average molecular weight is 884 g/mol. The Labute approximate surface area is 399 Å². The van der Waals surface area contributed by atoms with E-state index in [0.29, 0.717) is 0 Å². The molecule has 15 rings (SSSR count). The summed E-state index contributed by atoms with van der Waals surface area (Å²) in [5.74, 6) is 0. The molecule has 0 amide bonds. The zero-order valence-electron chi connectivity index (χ0n) is 38.8. The van der Waals surface area contributed by atoms with Crippen LogP contribution in [0.25, 0.3) is 132 Å². The van der Waals surface area contributed by atoms with Gasteiger partial charge in [-0.05, 0) is 103 Å². The highest BCUT2D eigenvalue weighted by atomic mass is 16.3. The molecule has 0 spiro atoms. The first-order valence-electron chi connectivity index (χ1n) is 24.1. The normalized spacial score (nSPS) is 14.3. The van der Waals surface area contributed by atoms with E-state index in [0.717, 1.165) is 88.3 Å². The van der Waals surface area contributed by atoms with Gasteiger partial charge >= 0.3 is 0 Å². The van der Waals surface area contributed by atoms with Crippen LogP contribution in [0.2, 0.25) is 0 Å². The van der Waals surface area contributed by atoms with Gasteiger partial charge in [0.1, 0.15) is 22.3 Å². The lowest BCUT2D eigenvalue weighted by Crippen LogP contribution is -2.14. The van der Waals surface area contributed by atoms with Crippen LogP contribution in [0, 0.1) is 0 Å². The van der Waals surface area contributed by atoms with Gasteiger partial charge in [0.05, 0.1) is 0 Å². The monoisotopic (exact) mass is 883 g/mol. The topological polar surface area (TPSA) is 42.1 Å². The molecule has 0 bridgehead atoms. The maximum atomic E-state index is 7.04. The lowest BCUT2D eigenvalue weighted by molar-refractivity contribution is 0.660. The van der Waals surface area contributed by atoms with Crippen molar-refractivity contribution in [1.29, 1.82) is 0 Å². The first-order valence-corrected chi connectivity index (χ1v) is 24.1. The molecular formula is C66H45NO2. The minimum Gasteiger partial charge on any atom is -0.455 e. The molecule has 3 heterocycles. The number of hydrogen-bond donors (Lipinski definition) is 1. The van der Waals surface area contributed by atoms with E-state index >= 15 is 0 Å². The van der Waals surface area contributed by atoms with Crippen LogP contribution in [0.15, 0.2) is 203 Å². The number of rotatable bonds is 4. The molecule has 3 heteroatoms. The van der Waals surface area contributed by atoms with Crippen LogP contribution in [-0.2, 0) is 10.8 Å². The Morgan fingerprint density at radius 3 is 0.986 bits per heavy atom. The molecule has 0 saturated carbocycles. The second kappa shape index (κ2) is 13.6. The second-order valence-electron chi connectivity index (χ2n) is 20.4. The summed E-state index contributed by atoms with van der Waals surface area (Å²) in [7, 11) is 0. The minimum absolute atomic E-state index is 0.0841. The zero-order valence-corrected chi connectivity index (χ0v) is 38.8. The number of aromatic amines is 1. The number of para-hydroxylation sites is 4. The largest absolute Gasteiger partial charge is 0.455 e. The number of H-pyrrole nitrogens is 1. The maximum Gasteiger partial charge on any atom is 0.143 e. The molecular weight excluding hydrogens is 839 g/mol. The number of nitrogens with one attached hydrogen (secondary N) is 1. The fraction of sp³-hybridized carbons (Fsp3) is 0.0909. The predicted molar refractivity (Wildman–Crippen MR) is 287 cm³/mol. The maximum absolute atomic E-state index is 7.04. The molecule has 69 heavy (non-hydrogen) atoms. The van der Waals surface area contributed by atoms with E-state index in [1.165, 1.54) is 66.4 Å². The lowest BCUT2D eigenvalue weighted by Gasteiger charge is -2.22. The van der Waals surface area contributed by atoms with Crippen LogP contribution in [0.1, 0.15) is 49.9 Å². The highest BCUT2D eigenvalue weighted by Crippen LogP contribution is 2.52. The molecule has 0 atom stereocenters. The highest BCUT2D eigenvalue weighted by Gasteiger charge is 2.37. The fourth-order valence-corrected chi connectivity index (χ4v) is 12.5. The summed E-state index contributed by atoms with van der Waals surface area (Å²) in [6.45, 7) is 9.36. The van der Waals surface area contributed by atoms with Gasteiger partial charge in [-0.2, -0.15) is 0 Å². The second-order valence-corrected chi connectivity index (χ2v) is 20.4. The predicted octanol–water partition coefficient (Wildman–Crippen LogP) is 18.4. The first kappa shape index (κ1) is 38.7. The summed E-state index contributed by atoms with van der Waals surface area (Å²) in [4.78, 5) is 3.72. The number of furan rings is 2. The van der Waals surface area contributed by atoms with Crippen molar-refractivity contribution in [1.82, 2.24) is 4.98 Å². The summed E-state index contributed by atoms with van der Waals surface area (Å²) < 4.78 is 14.1. The van der Waals surface area contributed by atoms with E-state index in [9.17, 15) is 0 Å². The summed E-state index contributed by atoms with van der Waals surface area (Å²) in [5.41, 5.74) is 25.4. The zero-order chi connectivity index (χ0) is 45.9. The van der Waals surface area contributed by atoms with Crippen molar-refractivity contribution in [3.05, 3.63) is 216 Å². The fourth-order valence-electron chi connectivity index (χ4n) is 12.5. The molecule has 0 unspecified atom stereocenters. The molecule has 3 aromatic heterocycles. The number of benzene rings is 10. The summed E-state index contributed by atoms with van der Waals surface area (Å²) in [5, 5.41) is 6.82. The summed E-state index contributed by atoms with van der Waals surface area (Å²) >= 11 is 0. The first-order chi connectivity index (χ1) is 33.7. The van der Waals surface area contributed by atoms with Gasteiger partial charge < -0.3 is 13.8 Å². The van der Waals surface area contributed by atoms with Crippen LogP contribution in [0.3, 0.4) is 0 Å². The van der Waals surface area contributed by atoms with Crippen LogP contribution in [0.5, 0.6) is 0 Å². The molecule has 326 valence electrons. The van der Waals surface area contributed by atoms with Gasteiger partial charge in [0.15, 0.2) is 0 Å². The van der Waals surface area contributed by atoms with E-state index < -0.39 is 0 Å². The van der Waals surface area contributed by atoms with E-state index in [-0.39, 0.29) is 10.8 Å². The molecule has 3 nitrogen and oxygen atoms in total. The summed E-state index contributed by atoms with van der Waals surface area (Å²) in [6, 6.07) is 71.3. The van der Waals surface area contributed by atoms with Crippen LogP contribution >= 0.6 is 0 Å². The van der Waals surface area contributed by atoms with Crippen molar-refractivity contribution in [2.24, 2.45) is 0 Å². The van der Waals surface area contributed by atoms with Crippen LogP contribution in [-0.4, -0.2) is 4.98 Å². The smallest absolute Gasteiger partial charge is 0.143 e. The van der Waals surface area contributed by atoms with E-state index in [4.69, 9.17) is 8.83 Å². The third kappa shape index (κ3) is 5.28. The Hall–Kier alpha value is -8.40. The van der Waals surface area contributed by atoms with Gasteiger partial charge in [-0.1, -0.05) is 185 Å². The quantitative estimate of drug-likeness (QED) is 0.191. The molecule has 0 saturated heterocycles. The van der Waals surface area contributed by atoms with Crippen molar-refractivity contribution >= 4 is 65.7 Å². The van der Waals surface area contributed by atoms with Gasteiger partial charge in [0, 0.05) is 76.4 Å². The Balaban J connectivity index is 0.828. The van der Waals surface area contributed by atoms with Crippen molar-refractivity contribution < 1.29 is 8.83 Å². The Bertz CT molecular complexity index is 4100. The van der Waals surface area contributed by atoms with Crippen molar-refractivity contribution in [2.75, 3.05) is 0 Å². The van der Waals surface area contributed by atoms with E-state index in [1.54, 1.807) is 0 Å². The van der Waals surface area contributed by atoms with Gasteiger partial charge in [-0.3, -0.25) is 0 Å².